The Kier molecular flexibility index (Phi) is 5.62. The van der Waals surface area contributed by atoms with Gasteiger partial charge in [-0.05, 0) is 43.1 Å². The lowest BCUT2D eigenvalue weighted by Crippen LogP contribution is -2.05. The van der Waals surface area contributed by atoms with Crippen LogP contribution in [0.25, 0.3) is 0 Å². The van der Waals surface area contributed by atoms with Crippen molar-refractivity contribution in [1.82, 2.24) is 0 Å². The van der Waals surface area contributed by atoms with Gasteiger partial charge in [0.1, 0.15) is 5.75 Å². The van der Waals surface area contributed by atoms with E-state index < -0.39 is 0 Å². The van der Waals surface area contributed by atoms with Gasteiger partial charge >= 0.3 is 0 Å². The lowest BCUT2D eigenvalue weighted by Gasteiger charge is -2.12. The van der Waals surface area contributed by atoms with Crippen LogP contribution in [0.1, 0.15) is 25.3 Å². The first-order chi connectivity index (χ1) is 7.24. The molecule has 0 aliphatic carbocycles. The predicted octanol–water partition coefficient (Wildman–Crippen LogP) is 3.72. The normalized spacial score (nSPS) is 12.5. The molecule has 1 aromatic rings. The van der Waals surface area contributed by atoms with Gasteiger partial charge in [0.2, 0.25) is 0 Å². The SMILES string of the molecule is Cc1ccccc1OCCC(C)CCS. The van der Waals surface area contributed by atoms with Crippen LogP contribution in [0, 0.1) is 12.8 Å². The number of para-hydroxylation sites is 1. The summed E-state index contributed by atoms with van der Waals surface area (Å²) in [4.78, 5) is 0. The fourth-order valence-corrected chi connectivity index (χ4v) is 1.89. The molecule has 1 nitrogen and oxygen atoms in total. The van der Waals surface area contributed by atoms with Crippen molar-refractivity contribution in [1.29, 1.82) is 0 Å². The van der Waals surface area contributed by atoms with Crippen molar-refractivity contribution in [3.8, 4) is 5.75 Å². The quantitative estimate of drug-likeness (QED) is 0.725. The summed E-state index contributed by atoms with van der Waals surface area (Å²) in [6, 6.07) is 8.15. The maximum absolute atomic E-state index is 5.73. The number of thiol groups is 1. The van der Waals surface area contributed by atoms with Crippen LogP contribution in [-0.4, -0.2) is 12.4 Å². The van der Waals surface area contributed by atoms with Crippen molar-refractivity contribution in [2.45, 2.75) is 26.7 Å². The zero-order valence-electron chi connectivity index (χ0n) is 9.57. The van der Waals surface area contributed by atoms with Crippen LogP contribution in [0.3, 0.4) is 0 Å². The first kappa shape index (κ1) is 12.4. The van der Waals surface area contributed by atoms with Crippen molar-refractivity contribution >= 4 is 12.6 Å². The van der Waals surface area contributed by atoms with E-state index in [1.54, 1.807) is 0 Å². The summed E-state index contributed by atoms with van der Waals surface area (Å²) in [5, 5.41) is 0. The minimum absolute atomic E-state index is 0.700. The summed E-state index contributed by atoms with van der Waals surface area (Å²) in [6.45, 7) is 5.13. The molecule has 0 N–H and O–H groups in total. The van der Waals surface area contributed by atoms with E-state index in [2.05, 4.69) is 32.5 Å². The third-order valence-electron chi connectivity index (χ3n) is 2.58. The number of rotatable bonds is 6. The lowest BCUT2D eigenvalue weighted by molar-refractivity contribution is 0.280. The van der Waals surface area contributed by atoms with E-state index in [1.807, 2.05) is 18.2 Å². The van der Waals surface area contributed by atoms with Crippen LogP contribution in [0.5, 0.6) is 5.75 Å². The molecule has 2 heteroatoms. The van der Waals surface area contributed by atoms with E-state index >= 15 is 0 Å². The molecule has 0 saturated heterocycles. The second-order valence-corrected chi connectivity index (χ2v) is 4.47. The molecule has 1 aromatic carbocycles. The number of ether oxygens (including phenoxy) is 1. The van der Waals surface area contributed by atoms with Crippen LogP contribution in [0.2, 0.25) is 0 Å². The molecular weight excluding hydrogens is 204 g/mol. The Morgan fingerprint density at radius 3 is 2.67 bits per heavy atom. The topological polar surface area (TPSA) is 9.23 Å². The van der Waals surface area contributed by atoms with Gasteiger partial charge in [-0.1, -0.05) is 25.1 Å². The van der Waals surface area contributed by atoms with Crippen LogP contribution in [-0.2, 0) is 0 Å². The summed E-state index contributed by atoms with van der Waals surface area (Å²) in [6.07, 6.45) is 2.27. The molecule has 84 valence electrons. The largest absolute Gasteiger partial charge is 0.493 e. The molecule has 0 amide bonds. The maximum atomic E-state index is 5.73. The third-order valence-corrected chi connectivity index (χ3v) is 2.84. The third kappa shape index (κ3) is 4.61. The Morgan fingerprint density at radius 2 is 2.00 bits per heavy atom. The van der Waals surface area contributed by atoms with Gasteiger partial charge in [0.25, 0.3) is 0 Å². The van der Waals surface area contributed by atoms with Crippen molar-refractivity contribution in [3.63, 3.8) is 0 Å². The summed E-state index contributed by atoms with van der Waals surface area (Å²) < 4.78 is 5.73. The van der Waals surface area contributed by atoms with Gasteiger partial charge < -0.3 is 4.74 Å². The number of aryl methyl sites for hydroxylation is 1. The molecular formula is C13H20OS. The monoisotopic (exact) mass is 224 g/mol. The highest BCUT2D eigenvalue weighted by atomic mass is 32.1. The minimum atomic E-state index is 0.700. The van der Waals surface area contributed by atoms with Crippen LogP contribution in [0.4, 0.5) is 0 Å². The van der Waals surface area contributed by atoms with Crippen LogP contribution >= 0.6 is 12.6 Å². The Balaban J connectivity index is 2.29. The number of hydrogen-bond acceptors (Lipinski definition) is 2. The highest BCUT2D eigenvalue weighted by Gasteiger charge is 2.02. The molecule has 0 aromatic heterocycles. The molecule has 1 unspecified atom stereocenters. The lowest BCUT2D eigenvalue weighted by atomic mass is 10.1. The molecule has 0 heterocycles. The first-order valence-corrected chi connectivity index (χ1v) is 6.16. The van der Waals surface area contributed by atoms with E-state index in [0.29, 0.717) is 5.92 Å². The van der Waals surface area contributed by atoms with Crippen molar-refractivity contribution in [2.24, 2.45) is 5.92 Å². The Morgan fingerprint density at radius 1 is 1.27 bits per heavy atom. The molecule has 0 aliphatic rings. The van der Waals surface area contributed by atoms with Crippen molar-refractivity contribution in [2.75, 3.05) is 12.4 Å². The standard InChI is InChI=1S/C13H20OS/c1-11(8-10-15)7-9-14-13-6-4-3-5-12(13)2/h3-6,11,15H,7-10H2,1-2H3. The average Bonchev–Trinajstić information content (AvgIpc) is 2.21. The summed E-state index contributed by atoms with van der Waals surface area (Å²) in [5.41, 5.74) is 1.21. The average molecular weight is 224 g/mol. The summed E-state index contributed by atoms with van der Waals surface area (Å²) >= 11 is 4.23. The van der Waals surface area contributed by atoms with Gasteiger partial charge in [-0.2, -0.15) is 12.6 Å². The zero-order chi connectivity index (χ0) is 11.1. The molecule has 0 aliphatic heterocycles. The number of benzene rings is 1. The molecule has 0 saturated carbocycles. The van der Waals surface area contributed by atoms with Crippen molar-refractivity contribution < 1.29 is 4.74 Å². The predicted molar refractivity (Wildman–Crippen MR) is 68.9 cm³/mol. The van der Waals surface area contributed by atoms with Crippen LogP contribution in [0.15, 0.2) is 24.3 Å². The Bertz CT molecular complexity index is 286. The minimum Gasteiger partial charge on any atom is -0.493 e. The van der Waals surface area contributed by atoms with Gasteiger partial charge in [0, 0.05) is 0 Å². The summed E-state index contributed by atoms with van der Waals surface area (Å²) in [7, 11) is 0. The molecule has 1 rings (SSSR count). The maximum Gasteiger partial charge on any atom is 0.122 e. The second kappa shape index (κ2) is 6.78. The van der Waals surface area contributed by atoms with E-state index in [9.17, 15) is 0 Å². The fourth-order valence-electron chi connectivity index (χ4n) is 1.45. The first-order valence-electron chi connectivity index (χ1n) is 5.53. The van der Waals surface area contributed by atoms with Gasteiger partial charge in [0.15, 0.2) is 0 Å². The molecule has 0 spiro atoms. The van der Waals surface area contributed by atoms with Gasteiger partial charge in [-0.3, -0.25) is 0 Å². The Hall–Kier alpha value is -0.630. The van der Waals surface area contributed by atoms with Gasteiger partial charge in [-0.15, -0.1) is 0 Å². The van der Waals surface area contributed by atoms with Crippen molar-refractivity contribution in [3.05, 3.63) is 29.8 Å². The van der Waals surface area contributed by atoms with E-state index in [1.165, 1.54) is 12.0 Å². The molecule has 1 atom stereocenters. The molecule has 15 heavy (non-hydrogen) atoms. The second-order valence-electron chi connectivity index (χ2n) is 4.02. The zero-order valence-corrected chi connectivity index (χ0v) is 10.5. The van der Waals surface area contributed by atoms with Crippen LogP contribution < -0.4 is 4.74 Å². The highest BCUT2D eigenvalue weighted by molar-refractivity contribution is 7.80. The molecule has 0 fully saturated rings. The van der Waals surface area contributed by atoms with Gasteiger partial charge in [-0.25, -0.2) is 0 Å². The smallest absolute Gasteiger partial charge is 0.122 e. The molecule has 0 bridgehead atoms. The highest BCUT2D eigenvalue weighted by Crippen LogP contribution is 2.17. The van der Waals surface area contributed by atoms with E-state index in [-0.39, 0.29) is 0 Å². The fraction of sp³-hybridized carbons (Fsp3) is 0.538. The Labute approximate surface area is 98.3 Å². The number of hydrogen-bond donors (Lipinski definition) is 1. The van der Waals surface area contributed by atoms with E-state index in [4.69, 9.17) is 4.74 Å². The molecule has 0 radical (unpaired) electrons. The van der Waals surface area contributed by atoms with Gasteiger partial charge in [0.05, 0.1) is 6.61 Å². The summed E-state index contributed by atoms with van der Waals surface area (Å²) in [5.74, 6) is 2.67. The van der Waals surface area contributed by atoms with E-state index in [0.717, 1.165) is 24.5 Å².